The molecule has 12 nitrogen and oxygen atoms in total. The number of anilines is 1. The lowest BCUT2D eigenvalue weighted by atomic mass is 10.2. The molecular weight excluding hydrogens is 482 g/mol. The summed E-state index contributed by atoms with van der Waals surface area (Å²) in [5, 5.41) is 0. The van der Waals surface area contributed by atoms with Crippen LogP contribution in [-0.4, -0.2) is 44.5 Å². The summed E-state index contributed by atoms with van der Waals surface area (Å²) in [5.41, 5.74) is 9.77. The van der Waals surface area contributed by atoms with Gasteiger partial charge in [-0.2, -0.15) is 8.88 Å². The second-order valence-electron chi connectivity index (χ2n) is 5.92. The molecule has 0 radical (unpaired) electrons. The third-order valence-electron chi connectivity index (χ3n) is 3.68. The molecule has 16 heteroatoms. The second-order valence-corrected chi connectivity index (χ2v) is 9.69. The van der Waals surface area contributed by atoms with Crippen molar-refractivity contribution in [1.82, 2.24) is 9.97 Å². The standard InChI is InChI=1S/C14H22N4O8P2S.ClH/c1-10-13(3-4-24-5-6-25-28(22,23)26-27(19,20)21)29-9-18(10)8-12-7-16-11(2)17-14(12)15;/h7,9H,3-6,8H2,1-2H3,(H4-,15,16,17,19,20,21,22,23);1H. The number of nitrogens with zero attached hydrogens (tertiary/aromatic N) is 3. The summed E-state index contributed by atoms with van der Waals surface area (Å²) in [5.74, 6) is 1.07. The van der Waals surface area contributed by atoms with Crippen molar-refractivity contribution in [3.63, 3.8) is 0 Å². The van der Waals surface area contributed by atoms with E-state index in [0.717, 1.165) is 16.1 Å². The van der Waals surface area contributed by atoms with Crippen LogP contribution in [0.1, 0.15) is 22.0 Å². The lowest BCUT2D eigenvalue weighted by molar-refractivity contribution is -0.689. The van der Waals surface area contributed by atoms with Crippen LogP contribution in [0.25, 0.3) is 0 Å². The van der Waals surface area contributed by atoms with Crippen LogP contribution < -0.4 is 22.7 Å². The molecule has 0 fully saturated rings. The van der Waals surface area contributed by atoms with Crippen molar-refractivity contribution in [2.45, 2.75) is 26.8 Å². The predicted molar refractivity (Wildman–Crippen MR) is 103 cm³/mol. The lowest BCUT2D eigenvalue weighted by Crippen LogP contribution is -3.00. The van der Waals surface area contributed by atoms with E-state index in [1.54, 1.807) is 24.5 Å². The number of nitrogen functional groups attached to an aromatic ring is 1. The van der Waals surface area contributed by atoms with Crippen molar-refractivity contribution in [1.29, 1.82) is 0 Å². The van der Waals surface area contributed by atoms with Crippen molar-refractivity contribution in [3.8, 4) is 0 Å². The number of ether oxygens (including phenoxy) is 1. The van der Waals surface area contributed by atoms with E-state index in [0.29, 0.717) is 31.2 Å². The molecule has 5 N–H and O–H groups in total. The largest absolute Gasteiger partial charge is 1.00 e. The molecule has 0 aliphatic rings. The maximum Gasteiger partial charge on any atom is 0.481 e. The maximum atomic E-state index is 11.3. The normalized spacial score (nSPS) is 13.6. The van der Waals surface area contributed by atoms with Crippen molar-refractivity contribution in [2.75, 3.05) is 25.6 Å². The van der Waals surface area contributed by atoms with Gasteiger partial charge in [0, 0.05) is 19.5 Å². The Morgan fingerprint density at radius 1 is 1.20 bits per heavy atom. The van der Waals surface area contributed by atoms with Crippen LogP contribution in [-0.2, 0) is 35.7 Å². The quantitative estimate of drug-likeness (QED) is 0.149. The number of nitrogens with two attached hydrogens (primary N) is 1. The molecule has 0 aromatic carbocycles. The van der Waals surface area contributed by atoms with Gasteiger partial charge in [-0.15, -0.1) is 0 Å². The molecule has 30 heavy (non-hydrogen) atoms. The van der Waals surface area contributed by atoms with Gasteiger partial charge in [-0.25, -0.2) is 19.1 Å². The summed E-state index contributed by atoms with van der Waals surface area (Å²) in [6, 6.07) is 0. The van der Waals surface area contributed by atoms with Crippen LogP contribution in [0, 0.1) is 13.8 Å². The minimum Gasteiger partial charge on any atom is -1.00 e. The van der Waals surface area contributed by atoms with Crippen LogP contribution in [0.15, 0.2) is 11.7 Å². The fourth-order valence-electron chi connectivity index (χ4n) is 2.30. The Labute approximate surface area is 183 Å². The highest BCUT2D eigenvalue weighted by molar-refractivity contribution is 7.60. The number of halogens is 1. The summed E-state index contributed by atoms with van der Waals surface area (Å²) < 4.78 is 37.3. The molecule has 2 aromatic rings. The van der Waals surface area contributed by atoms with Crippen LogP contribution >= 0.6 is 27.0 Å². The van der Waals surface area contributed by atoms with E-state index < -0.39 is 15.6 Å². The molecule has 2 aromatic heterocycles. The highest BCUT2D eigenvalue weighted by Gasteiger charge is 2.32. The molecule has 0 aliphatic carbocycles. The molecule has 1 unspecified atom stereocenters. The number of rotatable bonds is 11. The van der Waals surface area contributed by atoms with Gasteiger partial charge in [0.25, 0.3) is 0 Å². The van der Waals surface area contributed by atoms with Gasteiger partial charge in [-0.05, 0) is 6.92 Å². The average molecular weight is 505 g/mol. The summed E-state index contributed by atoms with van der Waals surface area (Å²) in [6.45, 7) is 4.22. The van der Waals surface area contributed by atoms with Gasteiger partial charge in [0.1, 0.15) is 11.6 Å². The molecule has 2 heterocycles. The molecule has 0 spiro atoms. The summed E-state index contributed by atoms with van der Waals surface area (Å²) >= 11 is 1.56. The molecule has 0 amide bonds. The molecule has 0 saturated heterocycles. The number of hydrogen-bond donors (Lipinski definition) is 4. The molecule has 0 saturated carbocycles. The first-order valence-corrected chi connectivity index (χ1v) is 12.2. The first-order chi connectivity index (χ1) is 13.5. The zero-order chi connectivity index (χ0) is 21.7. The van der Waals surface area contributed by atoms with Crippen LogP contribution in [0.3, 0.4) is 0 Å². The van der Waals surface area contributed by atoms with E-state index >= 15 is 0 Å². The van der Waals surface area contributed by atoms with Crippen LogP contribution in [0.2, 0.25) is 0 Å². The average Bonchev–Trinajstić information content (AvgIpc) is 2.91. The number of hydrogen-bond acceptors (Lipinski definition) is 9. The molecular formula is C14H23ClN4O8P2S. The first-order valence-electron chi connectivity index (χ1n) is 8.33. The first kappa shape index (κ1) is 27.1. The molecule has 0 aliphatic heterocycles. The molecule has 2 rings (SSSR count). The van der Waals surface area contributed by atoms with Gasteiger partial charge in [-0.3, -0.25) is 4.52 Å². The topological polar surface area (TPSA) is 178 Å². The number of aromatic nitrogens is 3. The fourth-order valence-corrected chi connectivity index (χ4v) is 4.85. The fraction of sp³-hybridized carbons (Fsp3) is 0.500. The van der Waals surface area contributed by atoms with Crippen molar-refractivity contribution >= 4 is 32.8 Å². The summed E-state index contributed by atoms with van der Waals surface area (Å²) in [6.07, 6.45) is 2.32. The van der Waals surface area contributed by atoms with Crippen molar-refractivity contribution in [2.24, 2.45) is 0 Å². The summed E-state index contributed by atoms with van der Waals surface area (Å²) in [4.78, 5) is 35.5. The van der Waals surface area contributed by atoms with E-state index in [1.165, 1.54) is 0 Å². The second kappa shape index (κ2) is 11.6. The monoisotopic (exact) mass is 504 g/mol. The Bertz CT molecular complexity index is 941. The van der Waals surface area contributed by atoms with Gasteiger partial charge < -0.3 is 37.6 Å². The van der Waals surface area contributed by atoms with Crippen LogP contribution in [0.4, 0.5) is 5.82 Å². The Balaban J connectivity index is 0.00000450. The van der Waals surface area contributed by atoms with E-state index in [9.17, 15) is 9.13 Å². The minimum atomic E-state index is -5.12. The minimum absolute atomic E-state index is 0. The van der Waals surface area contributed by atoms with E-state index in [1.807, 2.05) is 17.0 Å². The van der Waals surface area contributed by atoms with Gasteiger partial charge >= 0.3 is 15.6 Å². The van der Waals surface area contributed by atoms with Crippen LogP contribution in [0.5, 0.6) is 0 Å². The highest BCUT2D eigenvalue weighted by Crippen LogP contribution is 2.57. The Kier molecular flexibility index (Phi) is 10.4. The molecule has 0 bridgehead atoms. The zero-order valence-electron chi connectivity index (χ0n) is 16.2. The van der Waals surface area contributed by atoms with E-state index in [4.69, 9.17) is 25.2 Å². The Hall–Kier alpha value is -0.980. The van der Waals surface area contributed by atoms with Crippen molar-refractivity contribution < 1.29 is 54.4 Å². The zero-order valence-corrected chi connectivity index (χ0v) is 19.5. The third-order valence-corrected chi connectivity index (χ3v) is 7.01. The highest BCUT2D eigenvalue weighted by atomic mass is 35.5. The number of phosphoric acid groups is 2. The third kappa shape index (κ3) is 9.03. The van der Waals surface area contributed by atoms with E-state index in [-0.39, 0.29) is 25.6 Å². The predicted octanol–water partition coefficient (Wildman–Crippen LogP) is -2.14. The smallest absolute Gasteiger partial charge is 0.481 e. The van der Waals surface area contributed by atoms with Gasteiger partial charge in [0.2, 0.25) is 5.51 Å². The number of phosphoric ester groups is 1. The van der Waals surface area contributed by atoms with Gasteiger partial charge in [-0.1, -0.05) is 11.3 Å². The summed E-state index contributed by atoms with van der Waals surface area (Å²) in [7, 11) is -9.95. The molecule has 170 valence electrons. The van der Waals surface area contributed by atoms with E-state index in [2.05, 4.69) is 18.8 Å². The van der Waals surface area contributed by atoms with Gasteiger partial charge in [0.15, 0.2) is 12.2 Å². The molecule has 1 atom stereocenters. The Morgan fingerprint density at radius 3 is 2.53 bits per heavy atom. The Morgan fingerprint density at radius 2 is 1.90 bits per heavy atom. The SMILES string of the molecule is Cc1ncc(C[n+]2csc(CCOCCOP(=O)(O)OP(=O)(O)O)c2C)c(N)n1.[Cl-]. The maximum absolute atomic E-state index is 11.3. The van der Waals surface area contributed by atoms with Crippen molar-refractivity contribution in [3.05, 3.63) is 33.7 Å². The number of aryl methyl sites for hydroxylation is 1. The lowest BCUT2D eigenvalue weighted by Gasteiger charge is -2.12. The number of thiazole rings is 1. The van der Waals surface area contributed by atoms with Gasteiger partial charge in [0.05, 0.1) is 30.3 Å².